The molecule has 2 aliphatic rings. The van der Waals surface area contributed by atoms with Crippen molar-refractivity contribution in [3.05, 3.63) is 63.5 Å². The van der Waals surface area contributed by atoms with E-state index in [2.05, 4.69) is 0 Å². The lowest BCUT2D eigenvalue weighted by atomic mass is 10.1. The Morgan fingerprint density at radius 2 is 1.89 bits per heavy atom. The molecule has 2 heterocycles. The van der Waals surface area contributed by atoms with Gasteiger partial charge in [-0.15, -0.1) is 0 Å². The number of carbonyl (C=O) groups is 2. The van der Waals surface area contributed by atoms with E-state index < -0.39 is 0 Å². The van der Waals surface area contributed by atoms with Crippen molar-refractivity contribution in [2.75, 3.05) is 25.0 Å². The van der Waals surface area contributed by atoms with Crippen LogP contribution in [0.5, 0.6) is 0 Å². The van der Waals surface area contributed by atoms with Crippen molar-refractivity contribution in [3.63, 3.8) is 0 Å². The number of anilines is 1. The van der Waals surface area contributed by atoms with E-state index >= 15 is 0 Å². The minimum atomic E-state index is -0.0989. The number of likely N-dealkylation sites (N-methyl/N-ethyl adjacent to an activating group) is 1. The fraction of sp³-hybridized carbons (Fsp3) is 0.238. The number of fused-ring (bicyclic) bond motifs is 1. The van der Waals surface area contributed by atoms with Gasteiger partial charge in [-0.05, 0) is 48.7 Å². The molecule has 0 radical (unpaired) electrons. The van der Waals surface area contributed by atoms with E-state index in [1.165, 1.54) is 11.8 Å². The van der Waals surface area contributed by atoms with E-state index in [1.54, 1.807) is 18.0 Å². The molecule has 138 valence electrons. The molecule has 2 aromatic rings. The van der Waals surface area contributed by atoms with Crippen LogP contribution in [0.15, 0.2) is 52.3 Å². The fourth-order valence-corrected chi connectivity index (χ4v) is 4.64. The van der Waals surface area contributed by atoms with Gasteiger partial charge in [0.25, 0.3) is 11.8 Å². The number of hydrogen-bond acceptors (Lipinski definition) is 3. The van der Waals surface area contributed by atoms with E-state index in [0.29, 0.717) is 15.5 Å². The van der Waals surface area contributed by atoms with Crippen molar-refractivity contribution in [2.45, 2.75) is 17.7 Å². The molecule has 0 aliphatic carbocycles. The summed E-state index contributed by atoms with van der Waals surface area (Å²) in [6, 6.07) is 13.0. The third-order valence-electron chi connectivity index (χ3n) is 4.89. The Morgan fingerprint density at radius 1 is 1.15 bits per heavy atom. The van der Waals surface area contributed by atoms with Crippen molar-refractivity contribution in [1.29, 1.82) is 0 Å². The minimum Gasteiger partial charge on any atom is -0.339 e. The second kappa shape index (κ2) is 7.41. The molecular formula is C21H19ClN2O2S. The van der Waals surface area contributed by atoms with Crippen molar-refractivity contribution in [2.24, 2.45) is 0 Å². The van der Waals surface area contributed by atoms with Gasteiger partial charge in [-0.25, -0.2) is 0 Å². The van der Waals surface area contributed by atoms with E-state index in [9.17, 15) is 9.59 Å². The van der Waals surface area contributed by atoms with Crippen molar-refractivity contribution >= 4 is 46.9 Å². The molecule has 0 atom stereocenters. The summed E-state index contributed by atoms with van der Waals surface area (Å²) in [5, 5.41) is 0.610. The highest BCUT2D eigenvalue weighted by Gasteiger charge is 2.28. The lowest BCUT2D eigenvalue weighted by molar-refractivity contribution is -0.114. The van der Waals surface area contributed by atoms with Crippen LogP contribution in [-0.4, -0.2) is 36.9 Å². The number of carbonyl (C=O) groups excluding carboxylic acids is 2. The Kier molecular flexibility index (Phi) is 4.98. The van der Waals surface area contributed by atoms with Crippen LogP contribution < -0.4 is 4.90 Å². The van der Waals surface area contributed by atoms with Gasteiger partial charge in [0.05, 0.1) is 10.6 Å². The normalized spacial score (nSPS) is 18.1. The second-order valence-corrected chi connectivity index (χ2v) is 8.17. The maximum absolute atomic E-state index is 12.8. The zero-order valence-corrected chi connectivity index (χ0v) is 16.5. The van der Waals surface area contributed by atoms with Gasteiger partial charge in [0, 0.05) is 35.6 Å². The number of benzene rings is 2. The van der Waals surface area contributed by atoms with E-state index in [-0.39, 0.29) is 11.8 Å². The van der Waals surface area contributed by atoms with Crippen molar-refractivity contribution < 1.29 is 9.59 Å². The van der Waals surface area contributed by atoms with Crippen LogP contribution in [0.3, 0.4) is 0 Å². The molecule has 0 N–H and O–H groups in total. The van der Waals surface area contributed by atoms with E-state index in [4.69, 9.17) is 11.6 Å². The Bertz CT molecular complexity index is 951. The first kappa shape index (κ1) is 18.1. The molecule has 27 heavy (non-hydrogen) atoms. The summed E-state index contributed by atoms with van der Waals surface area (Å²) in [6.45, 7) is 1.62. The highest BCUT2D eigenvalue weighted by molar-refractivity contribution is 8.04. The van der Waals surface area contributed by atoms with Crippen LogP contribution >= 0.6 is 23.4 Å². The van der Waals surface area contributed by atoms with Gasteiger partial charge >= 0.3 is 0 Å². The summed E-state index contributed by atoms with van der Waals surface area (Å²) in [5.74, 6) is -0.0586. The number of hydrogen-bond donors (Lipinski definition) is 0. The molecule has 0 bridgehead atoms. The number of rotatable bonds is 2. The quantitative estimate of drug-likeness (QED) is 0.689. The average Bonchev–Trinajstić information content (AvgIpc) is 3.21. The molecule has 2 aliphatic heterocycles. The van der Waals surface area contributed by atoms with Gasteiger partial charge in [-0.3, -0.25) is 9.59 Å². The Hall–Kier alpha value is -2.24. The summed E-state index contributed by atoms with van der Waals surface area (Å²) in [5.41, 5.74) is 2.22. The third kappa shape index (κ3) is 3.49. The second-order valence-electron chi connectivity index (χ2n) is 6.68. The molecule has 6 heteroatoms. The van der Waals surface area contributed by atoms with Gasteiger partial charge in [0.2, 0.25) is 0 Å². The van der Waals surface area contributed by atoms with Crippen molar-refractivity contribution in [3.8, 4) is 0 Å². The topological polar surface area (TPSA) is 40.6 Å². The summed E-state index contributed by atoms with van der Waals surface area (Å²) < 4.78 is 0. The summed E-state index contributed by atoms with van der Waals surface area (Å²) in [7, 11) is 1.74. The maximum Gasteiger partial charge on any atom is 0.264 e. The zero-order valence-electron chi connectivity index (χ0n) is 14.9. The summed E-state index contributed by atoms with van der Waals surface area (Å²) in [6.07, 6.45) is 3.93. The van der Waals surface area contributed by atoms with Crippen LogP contribution in [0, 0.1) is 0 Å². The lowest BCUT2D eigenvalue weighted by Gasteiger charge is -2.28. The minimum absolute atomic E-state index is 0.0403. The predicted molar refractivity (Wildman–Crippen MR) is 110 cm³/mol. The fourth-order valence-electron chi connectivity index (χ4n) is 3.36. The van der Waals surface area contributed by atoms with Gasteiger partial charge in [-0.1, -0.05) is 41.6 Å². The number of halogens is 1. The van der Waals surface area contributed by atoms with E-state index in [0.717, 1.165) is 42.1 Å². The molecule has 0 unspecified atom stereocenters. The Balaban J connectivity index is 1.66. The number of likely N-dealkylation sites (tertiary alicyclic amines) is 1. The zero-order chi connectivity index (χ0) is 19.0. The summed E-state index contributed by atoms with van der Waals surface area (Å²) in [4.78, 5) is 30.5. The van der Waals surface area contributed by atoms with Crippen LogP contribution in [0.2, 0.25) is 5.02 Å². The SMILES string of the molecule is CN1C(=O)/C(=C/c2ccccc2Cl)Sc2ccc(C(=O)N3CCCC3)cc21. The molecular weight excluding hydrogens is 380 g/mol. The van der Waals surface area contributed by atoms with Gasteiger partial charge < -0.3 is 9.80 Å². The maximum atomic E-state index is 12.8. The molecule has 1 fully saturated rings. The molecule has 2 aromatic carbocycles. The monoisotopic (exact) mass is 398 g/mol. The predicted octanol–water partition coefficient (Wildman–Crippen LogP) is 4.69. The van der Waals surface area contributed by atoms with Gasteiger partial charge in [0.1, 0.15) is 0 Å². The van der Waals surface area contributed by atoms with Gasteiger partial charge in [-0.2, -0.15) is 0 Å². The molecule has 0 saturated carbocycles. The van der Waals surface area contributed by atoms with Gasteiger partial charge in [0.15, 0.2) is 0 Å². The Morgan fingerprint density at radius 3 is 2.63 bits per heavy atom. The first-order valence-electron chi connectivity index (χ1n) is 8.90. The molecule has 0 spiro atoms. The highest BCUT2D eigenvalue weighted by atomic mass is 35.5. The number of amides is 2. The van der Waals surface area contributed by atoms with Crippen molar-refractivity contribution in [1.82, 2.24) is 4.90 Å². The summed E-state index contributed by atoms with van der Waals surface area (Å²) >= 11 is 7.64. The average molecular weight is 399 g/mol. The third-order valence-corrected chi connectivity index (χ3v) is 6.31. The van der Waals surface area contributed by atoms with Crippen LogP contribution in [-0.2, 0) is 4.79 Å². The molecule has 4 nitrogen and oxygen atoms in total. The van der Waals surface area contributed by atoms with Crippen LogP contribution in [0.25, 0.3) is 6.08 Å². The highest BCUT2D eigenvalue weighted by Crippen LogP contribution is 2.42. The van der Waals surface area contributed by atoms with E-state index in [1.807, 2.05) is 47.4 Å². The molecule has 2 amide bonds. The molecule has 0 aromatic heterocycles. The number of thioether (sulfide) groups is 1. The molecule has 1 saturated heterocycles. The first-order valence-corrected chi connectivity index (χ1v) is 10.1. The lowest BCUT2D eigenvalue weighted by Crippen LogP contribution is -2.31. The smallest absolute Gasteiger partial charge is 0.264 e. The standard InChI is InChI=1S/C21H19ClN2O2S/c1-23-17-12-15(20(25)24-10-4-5-11-24)8-9-18(17)27-19(21(23)26)13-14-6-2-3-7-16(14)22/h2-3,6-9,12-13H,4-5,10-11H2,1H3/b19-13-. The number of nitrogens with zero attached hydrogens (tertiary/aromatic N) is 2. The largest absolute Gasteiger partial charge is 0.339 e. The first-order chi connectivity index (χ1) is 13.0. The Labute approximate surface area is 167 Å². The van der Waals surface area contributed by atoms with Crippen LogP contribution in [0.4, 0.5) is 5.69 Å². The van der Waals surface area contributed by atoms with Crippen LogP contribution in [0.1, 0.15) is 28.8 Å². The molecule has 4 rings (SSSR count).